The first-order chi connectivity index (χ1) is 8.94. The first kappa shape index (κ1) is 16.4. The van der Waals surface area contributed by atoms with E-state index in [1.807, 2.05) is 0 Å². The molecule has 0 saturated heterocycles. The molecule has 1 rings (SSSR count). The van der Waals surface area contributed by atoms with Crippen molar-refractivity contribution in [2.75, 3.05) is 0 Å². The predicted octanol–water partition coefficient (Wildman–Crippen LogP) is 3.82. The maximum atomic E-state index is 13.1. The highest BCUT2D eigenvalue weighted by molar-refractivity contribution is 5.84. The summed E-state index contributed by atoms with van der Waals surface area (Å²) < 4.78 is 99.7. The number of rotatable bonds is 3. The normalized spacial score (nSPS) is 12.8. The van der Waals surface area contributed by atoms with Crippen LogP contribution in [0.1, 0.15) is 5.56 Å². The van der Waals surface area contributed by atoms with Crippen LogP contribution in [0.25, 0.3) is 0 Å². The van der Waals surface area contributed by atoms with Crippen LogP contribution < -0.4 is 0 Å². The molecule has 0 atom stereocenters. The van der Waals surface area contributed by atoms with Gasteiger partial charge in [-0.05, 0) is 12.1 Å². The van der Waals surface area contributed by atoms with Gasteiger partial charge in [0, 0.05) is 12.0 Å². The number of ketones is 1. The molecule has 1 aromatic carbocycles. The lowest BCUT2D eigenvalue weighted by atomic mass is 9.96. The largest absolute Gasteiger partial charge is 0.407 e. The zero-order valence-corrected chi connectivity index (χ0v) is 9.45. The fourth-order valence-electron chi connectivity index (χ4n) is 1.53. The summed E-state index contributed by atoms with van der Waals surface area (Å²) in [5, 5.41) is 0. The minimum atomic E-state index is -5.88. The molecule has 0 spiro atoms. The Hall–Kier alpha value is -1.67. The van der Waals surface area contributed by atoms with E-state index < -0.39 is 47.7 Å². The molecule has 9 heteroatoms. The van der Waals surface area contributed by atoms with E-state index in [4.69, 9.17) is 0 Å². The summed E-state index contributed by atoms with van der Waals surface area (Å²) in [5.74, 6) is -9.41. The highest BCUT2D eigenvalue weighted by atomic mass is 19.4. The number of Topliss-reactive ketones (excluding diaryl/α,β-unsaturated/α-hetero) is 1. The summed E-state index contributed by atoms with van der Waals surface area (Å²) in [6.07, 6.45) is -13.4. The van der Waals surface area contributed by atoms with Crippen LogP contribution in [0.2, 0.25) is 0 Å². The SMILES string of the molecule is O=C(Cc1c(F)cccc1F)C(C(F)(F)F)C(F)(F)F. The number of hydrogen-bond acceptors (Lipinski definition) is 1. The molecule has 0 aliphatic carbocycles. The van der Waals surface area contributed by atoms with Gasteiger partial charge >= 0.3 is 12.4 Å². The van der Waals surface area contributed by atoms with Gasteiger partial charge in [-0.25, -0.2) is 8.78 Å². The third-order valence-electron chi connectivity index (χ3n) is 2.39. The zero-order valence-electron chi connectivity index (χ0n) is 9.45. The molecule has 0 amide bonds. The second-order valence-electron chi connectivity index (χ2n) is 3.86. The van der Waals surface area contributed by atoms with Crippen LogP contribution in [0.15, 0.2) is 18.2 Å². The van der Waals surface area contributed by atoms with Gasteiger partial charge in [0.15, 0.2) is 5.78 Å². The lowest BCUT2D eigenvalue weighted by Gasteiger charge is -2.21. The van der Waals surface area contributed by atoms with Gasteiger partial charge in [-0.3, -0.25) is 4.79 Å². The Kier molecular flexibility index (Phi) is 4.40. The van der Waals surface area contributed by atoms with Crippen LogP contribution in [0.3, 0.4) is 0 Å². The third-order valence-corrected chi connectivity index (χ3v) is 2.39. The average Bonchev–Trinajstić information content (AvgIpc) is 2.19. The molecule has 112 valence electrons. The van der Waals surface area contributed by atoms with Crippen molar-refractivity contribution in [3.05, 3.63) is 35.4 Å². The van der Waals surface area contributed by atoms with Crippen LogP contribution in [-0.4, -0.2) is 18.1 Å². The Morgan fingerprint density at radius 2 is 1.35 bits per heavy atom. The Bertz CT molecular complexity index is 468. The molecule has 1 nitrogen and oxygen atoms in total. The Balaban J connectivity index is 3.11. The molecule has 0 heterocycles. The Labute approximate surface area is 107 Å². The second kappa shape index (κ2) is 5.37. The van der Waals surface area contributed by atoms with Gasteiger partial charge in [0.1, 0.15) is 11.6 Å². The molecule has 1 aromatic rings. The second-order valence-corrected chi connectivity index (χ2v) is 3.86. The summed E-state index contributed by atoms with van der Waals surface area (Å²) in [6.45, 7) is 0. The molecule has 0 radical (unpaired) electrons. The topological polar surface area (TPSA) is 17.1 Å². The molecule has 0 fully saturated rings. The smallest absolute Gasteiger partial charge is 0.298 e. The van der Waals surface area contributed by atoms with Gasteiger partial charge in [0.05, 0.1) is 0 Å². The van der Waals surface area contributed by atoms with Gasteiger partial charge in [-0.1, -0.05) is 6.07 Å². The van der Waals surface area contributed by atoms with E-state index in [2.05, 4.69) is 0 Å². The summed E-state index contributed by atoms with van der Waals surface area (Å²) >= 11 is 0. The fraction of sp³-hybridized carbons (Fsp3) is 0.364. The van der Waals surface area contributed by atoms with Crippen molar-refractivity contribution in [1.82, 2.24) is 0 Å². The number of halogens is 8. The summed E-state index contributed by atoms with van der Waals surface area (Å²) in [6, 6.07) is 2.12. The Morgan fingerprint density at radius 3 is 1.70 bits per heavy atom. The first-order valence-electron chi connectivity index (χ1n) is 5.03. The minimum absolute atomic E-state index is 0.627. The first-order valence-corrected chi connectivity index (χ1v) is 5.03. The maximum absolute atomic E-state index is 13.1. The van der Waals surface area contributed by atoms with Gasteiger partial charge in [0.2, 0.25) is 5.92 Å². The van der Waals surface area contributed by atoms with Gasteiger partial charge in [-0.2, -0.15) is 26.3 Å². The minimum Gasteiger partial charge on any atom is -0.298 e. The number of hydrogen-bond donors (Lipinski definition) is 0. The summed E-state index contributed by atoms with van der Waals surface area (Å²) in [4.78, 5) is 11.1. The maximum Gasteiger partial charge on any atom is 0.407 e. The van der Waals surface area contributed by atoms with Crippen molar-refractivity contribution in [1.29, 1.82) is 0 Å². The molecule has 0 aliphatic rings. The summed E-state index contributed by atoms with van der Waals surface area (Å²) in [7, 11) is 0. The van der Waals surface area contributed by atoms with Crippen LogP contribution in [0, 0.1) is 17.6 Å². The zero-order chi connectivity index (χ0) is 15.7. The fourth-order valence-corrected chi connectivity index (χ4v) is 1.53. The number of alkyl halides is 6. The lowest BCUT2D eigenvalue weighted by molar-refractivity contribution is -0.273. The van der Waals surface area contributed by atoms with Crippen LogP contribution in [0.4, 0.5) is 35.1 Å². The monoisotopic (exact) mass is 306 g/mol. The van der Waals surface area contributed by atoms with Crippen molar-refractivity contribution in [2.45, 2.75) is 18.8 Å². The number of carbonyl (C=O) groups excluding carboxylic acids is 1. The molecule has 0 aromatic heterocycles. The summed E-state index contributed by atoms with van der Waals surface area (Å²) in [5.41, 5.74) is -1.13. The predicted molar refractivity (Wildman–Crippen MR) is 50.7 cm³/mol. The molecule has 0 bridgehead atoms. The lowest BCUT2D eigenvalue weighted by Crippen LogP contribution is -2.43. The third kappa shape index (κ3) is 3.67. The van der Waals surface area contributed by atoms with Crippen molar-refractivity contribution in [2.24, 2.45) is 5.92 Å². The van der Waals surface area contributed by atoms with Crippen molar-refractivity contribution >= 4 is 5.78 Å². The highest BCUT2D eigenvalue weighted by Crippen LogP contribution is 2.40. The van der Waals surface area contributed by atoms with Crippen molar-refractivity contribution in [3.8, 4) is 0 Å². The van der Waals surface area contributed by atoms with Crippen molar-refractivity contribution in [3.63, 3.8) is 0 Å². The molecule has 0 aliphatic heterocycles. The van der Waals surface area contributed by atoms with Gasteiger partial charge in [-0.15, -0.1) is 0 Å². The van der Waals surface area contributed by atoms with E-state index >= 15 is 0 Å². The molecule has 0 unspecified atom stereocenters. The standard InChI is InChI=1S/C11H6F8O/c12-6-2-1-3-7(13)5(6)4-8(20)9(10(14,15)16)11(17,18)19/h1-3,9H,4H2. The molecule has 0 N–H and O–H groups in total. The van der Waals surface area contributed by atoms with Crippen LogP contribution in [-0.2, 0) is 11.2 Å². The Morgan fingerprint density at radius 1 is 0.950 bits per heavy atom. The quantitative estimate of drug-likeness (QED) is 0.776. The van der Waals surface area contributed by atoms with Crippen molar-refractivity contribution < 1.29 is 39.9 Å². The van der Waals surface area contributed by atoms with E-state index in [0.717, 1.165) is 6.07 Å². The average molecular weight is 306 g/mol. The molecular formula is C11H6F8O. The molecule has 0 saturated carbocycles. The number of benzene rings is 1. The molecular weight excluding hydrogens is 300 g/mol. The van der Waals surface area contributed by atoms with E-state index in [0.29, 0.717) is 12.1 Å². The van der Waals surface area contributed by atoms with Crippen LogP contribution >= 0.6 is 0 Å². The van der Waals surface area contributed by atoms with Gasteiger partial charge in [0.25, 0.3) is 0 Å². The molecule has 20 heavy (non-hydrogen) atoms. The van der Waals surface area contributed by atoms with Gasteiger partial charge < -0.3 is 0 Å². The van der Waals surface area contributed by atoms with E-state index in [1.165, 1.54) is 0 Å². The van der Waals surface area contributed by atoms with E-state index in [9.17, 15) is 39.9 Å². The van der Waals surface area contributed by atoms with Crippen LogP contribution in [0.5, 0.6) is 0 Å². The highest BCUT2D eigenvalue weighted by Gasteiger charge is 2.60. The van der Waals surface area contributed by atoms with E-state index in [-0.39, 0.29) is 0 Å². The van der Waals surface area contributed by atoms with E-state index in [1.54, 1.807) is 0 Å². The number of carbonyl (C=O) groups is 1.